The summed E-state index contributed by atoms with van der Waals surface area (Å²) in [4.78, 5) is 11.7. The lowest BCUT2D eigenvalue weighted by Crippen LogP contribution is -2.47. The monoisotopic (exact) mass is 214 g/mol. The van der Waals surface area contributed by atoms with E-state index in [1.165, 1.54) is 0 Å². The Hall–Kier alpha value is -0.610. The van der Waals surface area contributed by atoms with E-state index in [-0.39, 0.29) is 24.0 Å². The van der Waals surface area contributed by atoms with Crippen LogP contribution in [0.2, 0.25) is 0 Å². The van der Waals surface area contributed by atoms with E-state index in [9.17, 15) is 9.90 Å². The van der Waals surface area contributed by atoms with E-state index in [0.29, 0.717) is 6.54 Å². The molecule has 0 aromatic carbocycles. The molecule has 0 aromatic heterocycles. The minimum atomic E-state index is -0.357. The number of hydrogen-bond acceptors (Lipinski definition) is 3. The van der Waals surface area contributed by atoms with Crippen molar-refractivity contribution in [1.29, 1.82) is 0 Å². The van der Waals surface area contributed by atoms with Gasteiger partial charge in [0.05, 0.1) is 12.1 Å². The molecule has 88 valence electrons. The third-order valence-electron chi connectivity index (χ3n) is 3.02. The van der Waals surface area contributed by atoms with Crippen molar-refractivity contribution in [3.05, 3.63) is 0 Å². The van der Waals surface area contributed by atoms with Gasteiger partial charge in [0, 0.05) is 12.5 Å². The van der Waals surface area contributed by atoms with Gasteiger partial charge in [-0.1, -0.05) is 19.8 Å². The lowest BCUT2D eigenvalue weighted by molar-refractivity contribution is -0.126. The third-order valence-corrected chi connectivity index (χ3v) is 3.02. The van der Waals surface area contributed by atoms with Crippen LogP contribution < -0.4 is 10.6 Å². The van der Waals surface area contributed by atoms with Crippen LogP contribution in [0.15, 0.2) is 0 Å². The Balaban J connectivity index is 2.35. The number of rotatable bonds is 4. The fraction of sp³-hybridized carbons (Fsp3) is 0.909. The summed E-state index contributed by atoms with van der Waals surface area (Å²) in [5.74, 6) is -0.000531. The number of carbonyl (C=O) groups excluding carboxylic acids is 1. The van der Waals surface area contributed by atoms with Gasteiger partial charge in [0.2, 0.25) is 5.91 Å². The smallest absolute Gasteiger partial charge is 0.224 e. The molecular weight excluding hydrogens is 192 g/mol. The standard InChI is InChI=1S/C11H22N2O2/c1-8(7-12-2)11(15)13-9-5-3-4-6-10(9)14/h8-10,12,14H,3-7H2,1-2H3,(H,13,15)/t8?,9-,10-/m1/s1. The molecule has 0 aliphatic heterocycles. The van der Waals surface area contributed by atoms with Crippen LogP contribution in [0.5, 0.6) is 0 Å². The largest absolute Gasteiger partial charge is 0.391 e. The van der Waals surface area contributed by atoms with Gasteiger partial charge in [-0.05, 0) is 19.9 Å². The Morgan fingerprint density at radius 1 is 1.47 bits per heavy atom. The summed E-state index contributed by atoms with van der Waals surface area (Å²) in [6.07, 6.45) is 3.52. The second-order valence-corrected chi connectivity index (χ2v) is 4.43. The summed E-state index contributed by atoms with van der Waals surface area (Å²) in [5, 5.41) is 15.6. The lowest BCUT2D eigenvalue weighted by atomic mass is 9.92. The first-order valence-electron chi connectivity index (χ1n) is 5.78. The van der Waals surface area contributed by atoms with Crippen molar-refractivity contribution < 1.29 is 9.90 Å². The summed E-state index contributed by atoms with van der Waals surface area (Å²) >= 11 is 0. The van der Waals surface area contributed by atoms with E-state index in [0.717, 1.165) is 25.7 Å². The molecule has 0 bridgehead atoms. The molecule has 0 saturated heterocycles. The number of aliphatic hydroxyl groups excluding tert-OH is 1. The minimum Gasteiger partial charge on any atom is -0.391 e. The fourth-order valence-corrected chi connectivity index (χ4v) is 2.00. The van der Waals surface area contributed by atoms with Crippen LogP contribution >= 0.6 is 0 Å². The van der Waals surface area contributed by atoms with Gasteiger partial charge in [0.25, 0.3) is 0 Å². The van der Waals surface area contributed by atoms with Crippen LogP contribution in [0.1, 0.15) is 32.6 Å². The molecule has 1 unspecified atom stereocenters. The second-order valence-electron chi connectivity index (χ2n) is 4.43. The van der Waals surface area contributed by atoms with E-state index in [4.69, 9.17) is 0 Å². The number of amides is 1. The molecule has 1 amide bonds. The molecule has 1 saturated carbocycles. The zero-order valence-corrected chi connectivity index (χ0v) is 9.62. The summed E-state index contributed by atoms with van der Waals surface area (Å²) in [6, 6.07) is -0.0365. The predicted molar refractivity (Wildman–Crippen MR) is 59.5 cm³/mol. The summed E-state index contributed by atoms with van der Waals surface area (Å²) < 4.78 is 0. The molecule has 0 radical (unpaired) electrons. The molecule has 0 spiro atoms. The van der Waals surface area contributed by atoms with Crippen LogP contribution in [0, 0.1) is 5.92 Å². The van der Waals surface area contributed by atoms with Crippen LogP contribution in [-0.2, 0) is 4.79 Å². The molecule has 3 atom stereocenters. The molecule has 1 aliphatic carbocycles. The van der Waals surface area contributed by atoms with Gasteiger partial charge in [-0.15, -0.1) is 0 Å². The van der Waals surface area contributed by atoms with E-state index in [1.807, 2.05) is 14.0 Å². The quantitative estimate of drug-likeness (QED) is 0.629. The van der Waals surface area contributed by atoms with Gasteiger partial charge in [-0.2, -0.15) is 0 Å². The highest BCUT2D eigenvalue weighted by molar-refractivity contribution is 5.78. The first-order valence-corrected chi connectivity index (χ1v) is 5.78. The highest BCUT2D eigenvalue weighted by Crippen LogP contribution is 2.18. The van der Waals surface area contributed by atoms with Gasteiger partial charge < -0.3 is 15.7 Å². The van der Waals surface area contributed by atoms with E-state index < -0.39 is 0 Å². The van der Waals surface area contributed by atoms with Crippen molar-refractivity contribution in [2.24, 2.45) is 5.92 Å². The summed E-state index contributed by atoms with van der Waals surface area (Å²) in [6.45, 7) is 2.57. The number of hydrogen-bond donors (Lipinski definition) is 3. The fourth-order valence-electron chi connectivity index (χ4n) is 2.00. The highest BCUT2D eigenvalue weighted by atomic mass is 16.3. The normalized spacial score (nSPS) is 28.5. The zero-order valence-electron chi connectivity index (χ0n) is 9.62. The Morgan fingerprint density at radius 3 is 2.73 bits per heavy atom. The summed E-state index contributed by atoms with van der Waals surface area (Å²) in [5.41, 5.74) is 0. The van der Waals surface area contributed by atoms with Crippen molar-refractivity contribution in [3.8, 4) is 0 Å². The van der Waals surface area contributed by atoms with Crippen molar-refractivity contribution in [1.82, 2.24) is 10.6 Å². The molecule has 0 aromatic rings. The van der Waals surface area contributed by atoms with Crippen LogP contribution in [0.25, 0.3) is 0 Å². The first-order chi connectivity index (χ1) is 7.15. The Morgan fingerprint density at radius 2 is 2.13 bits per heavy atom. The van der Waals surface area contributed by atoms with Crippen LogP contribution in [0.4, 0.5) is 0 Å². The second kappa shape index (κ2) is 6.08. The van der Waals surface area contributed by atoms with E-state index in [2.05, 4.69) is 10.6 Å². The van der Waals surface area contributed by atoms with Gasteiger partial charge in [0.1, 0.15) is 0 Å². The molecule has 1 fully saturated rings. The topological polar surface area (TPSA) is 61.4 Å². The van der Waals surface area contributed by atoms with Crippen LogP contribution in [0.3, 0.4) is 0 Å². The maximum Gasteiger partial charge on any atom is 0.224 e. The number of nitrogens with one attached hydrogen (secondary N) is 2. The minimum absolute atomic E-state index is 0.0365. The van der Waals surface area contributed by atoms with Crippen molar-refractivity contribution in [3.63, 3.8) is 0 Å². The highest BCUT2D eigenvalue weighted by Gasteiger charge is 2.25. The van der Waals surface area contributed by atoms with Crippen molar-refractivity contribution >= 4 is 5.91 Å². The third kappa shape index (κ3) is 3.80. The molecular formula is C11H22N2O2. The Labute approximate surface area is 91.4 Å². The maximum absolute atomic E-state index is 11.7. The number of carbonyl (C=O) groups is 1. The SMILES string of the molecule is CNCC(C)C(=O)N[C@@H]1CCCC[C@H]1O. The molecule has 0 heterocycles. The Kier molecular flexibility index (Phi) is 5.05. The molecule has 3 N–H and O–H groups in total. The molecule has 15 heavy (non-hydrogen) atoms. The van der Waals surface area contributed by atoms with Crippen molar-refractivity contribution in [2.75, 3.05) is 13.6 Å². The molecule has 4 nitrogen and oxygen atoms in total. The van der Waals surface area contributed by atoms with Gasteiger partial charge >= 0.3 is 0 Å². The van der Waals surface area contributed by atoms with Gasteiger partial charge in [0.15, 0.2) is 0 Å². The first kappa shape index (κ1) is 12.5. The molecule has 1 rings (SSSR count). The summed E-state index contributed by atoms with van der Waals surface area (Å²) in [7, 11) is 1.83. The average Bonchev–Trinajstić information content (AvgIpc) is 2.21. The van der Waals surface area contributed by atoms with Crippen LogP contribution in [-0.4, -0.2) is 36.8 Å². The van der Waals surface area contributed by atoms with E-state index >= 15 is 0 Å². The Bertz CT molecular complexity index is 209. The van der Waals surface area contributed by atoms with E-state index in [1.54, 1.807) is 0 Å². The molecule has 4 heteroatoms. The lowest BCUT2D eigenvalue weighted by Gasteiger charge is -2.29. The molecule has 1 aliphatic rings. The van der Waals surface area contributed by atoms with Crippen molar-refractivity contribution in [2.45, 2.75) is 44.8 Å². The predicted octanol–water partition coefficient (Wildman–Crippen LogP) is 0.262. The van der Waals surface area contributed by atoms with Gasteiger partial charge in [-0.3, -0.25) is 4.79 Å². The zero-order chi connectivity index (χ0) is 11.3. The average molecular weight is 214 g/mol. The maximum atomic E-state index is 11.7. The number of aliphatic hydroxyl groups is 1. The van der Waals surface area contributed by atoms with Gasteiger partial charge in [-0.25, -0.2) is 0 Å².